The first-order valence-electron chi connectivity index (χ1n) is 8.56. The summed E-state index contributed by atoms with van der Waals surface area (Å²) in [6, 6.07) is 16.2. The van der Waals surface area contributed by atoms with Crippen LogP contribution in [0.2, 0.25) is 0 Å². The number of carbonyl (C=O) groups excluding carboxylic acids is 1. The third kappa shape index (κ3) is 3.82. The standard InChI is InChI=1S/C22H23NO2/c1-4-22(24)23-12-11-19-20(23)9-6-10-21(19)25-15-18-8-5-7-17(14-18)13-16(2)3/h4-12,14,16H,1,13,15H2,2-3H3. The van der Waals surface area contributed by atoms with Crippen molar-refractivity contribution in [3.63, 3.8) is 0 Å². The third-order valence-electron chi connectivity index (χ3n) is 4.13. The van der Waals surface area contributed by atoms with E-state index in [0.29, 0.717) is 12.5 Å². The summed E-state index contributed by atoms with van der Waals surface area (Å²) in [5.74, 6) is 1.27. The van der Waals surface area contributed by atoms with E-state index in [1.54, 1.807) is 10.8 Å². The van der Waals surface area contributed by atoms with Crippen LogP contribution in [0.5, 0.6) is 5.75 Å². The molecular formula is C22H23NO2. The lowest BCUT2D eigenvalue weighted by Gasteiger charge is -2.10. The van der Waals surface area contributed by atoms with Crippen molar-refractivity contribution >= 4 is 16.8 Å². The Labute approximate surface area is 148 Å². The van der Waals surface area contributed by atoms with Gasteiger partial charge in [0.1, 0.15) is 12.4 Å². The van der Waals surface area contributed by atoms with Gasteiger partial charge in [-0.25, -0.2) is 0 Å². The number of aromatic nitrogens is 1. The first kappa shape index (κ1) is 17.0. The predicted molar refractivity (Wildman–Crippen MR) is 102 cm³/mol. The smallest absolute Gasteiger partial charge is 0.254 e. The molecule has 3 rings (SSSR count). The minimum Gasteiger partial charge on any atom is -0.488 e. The Kier molecular flexibility index (Phi) is 5.03. The summed E-state index contributed by atoms with van der Waals surface area (Å²) in [4.78, 5) is 11.9. The molecule has 0 amide bonds. The maximum absolute atomic E-state index is 11.9. The number of hydrogen-bond donors (Lipinski definition) is 0. The van der Waals surface area contributed by atoms with Gasteiger partial charge < -0.3 is 4.74 Å². The van der Waals surface area contributed by atoms with E-state index in [4.69, 9.17) is 4.74 Å². The maximum atomic E-state index is 11.9. The highest BCUT2D eigenvalue weighted by Crippen LogP contribution is 2.27. The summed E-state index contributed by atoms with van der Waals surface area (Å²) in [5, 5.41) is 0.927. The fraction of sp³-hybridized carbons (Fsp3) is 0.227. The van der Waals surface area contributed by atoms with Crippen molar-refractivity contribution in [2.45, 2.75) is 26.9 Å². The van der Waals surface area contributed by atoms with Crippen LogP contribution in [0.15, 0.2) is 67.4 Å². The van der Waals surface area contributed by atoms with Crippen LogP contribution in [0.1, 0.15) is 29.8 Å². The van der Waals surface area contributed by atoms with E-state index in [-0.39, 0.29) is 5.91 Å². The van der Waals surface area contributed by atoms with Gasteiger partial charge in [-0.15, -0.1) is 0 Å². The molecular weight excluding hydrogens is 310 g/mol. The molecule has 0 atom stereocenters. The van der Waals surface area contributed by atoms with Crippen molar-refractivity contribution in [2.75, 3.05) is 0 Å². The summed E-state index contributed by atoms with van der Waals surface area (Å²) in [6.07, 6.45) is 4.13. The summed E-state index contributed by atoms with van der Waals surface area (Å²) in [6.45, 7) is 8.50. The molecule has 2 aromatic carbocycles. The predicted octanol–water partition coefficient (Wildman–Crippen LogP) is 5.25. The third-order valence-corrected chi connectivity index (χ3v) is 4.13. The largest absolute Gasteiger partial charge is 0.488 e. The molecule has 3 aromatic rings. The molecule has 3 heteroatoms. The molecule has 25 heavy (non-hydrogen) atoms. The number of hydrogen-bond acceptors (Lipinski definition) is 2. The quantitative estimate of drug-likeness (QED) is 0.577. The lowest BCUT2D eigenvalue weighted by molar-refractivity contribution is 0.0974. The van der Waals surface area contributed by atoms with Crippen molar-refractivity contribution in [3.8, 4) is 5.75 Å². The molecule has 0 N–H and O–H groups in total. The van der Waals surface area contributed by atoms with Crippen LogP contribution in [-0.2, 0) is 13.0 Å². The van der Waals surface area contributed by atoms with Gasteiger partial charge in [0.15, 0.2) is 0 Å². The molecule has 0 radical (unpaired) electrons. The minimum atomic E-state index is -0.145. The van der Waals surface area contributed by atoms with E-state index >= 15 is 0 Å². The van der Waals surface area contributed by atoms with Gasteiger partial charge in [0.2, 0.25) is 0 Å². The molecule has 0 saturated heterocycles. The maximum Gasteiger partial charge on any atom is 0.254 e. The first-order valence-corrected chi connectivity index (χ1v) is 8.56. The van der Waals surface area contributed by atoms with Gasteiger partial charge >= 0.3 is 0 Å². The van der Waals surface area contributed by atoms with E-state index in [2.05, 4.69) is 44.7 Å². The number of carbonyl (C=O) groups is 1. The van der Waals surface area contributed by atoms with Crippen molar-refractivity contribution in [1.29, 1.82) is 0 Å². The van der Waals surface area contributed by atoms with Gasteiger partial charge in [-0.05, 0) is 47.7 Å². The second-order valence-corrected chi connectivity index (χ2v) is 6.62. The number of rotatable bonds is 6. The van der Waals surface area contributed by atoms with Crippen molar-refractivity contribution in [3.05, 3.63) is 78.5 Å². The molecule has 0 unspecified atom stereocenters. The van der Waals surface area contributed by atoms with E-state index in [1.807, 2.05) is 24.3 Å². The number of nitrogens with zero attached hydrogens (tertiary/aromatic N) is 1. The lowest BCUT2D eigenvalue weighted by Crippen LogP contribution is -2.04. The summed E-state index contributed by atoms with van der Waals surface area (Å²) < 4.78 is 7.62. The topological polar surface area (TPSA) is 31.2 Å². The second-order valence-electron chi connectivity index (χ2n) is 6.62. The SMILES string of the molecule is C=CC(=O)n1ccc2c(OCc3cccc(CC(C)C)c3)cccc21. The fourth-order valence-electron chi connectivity index (χ4n) is 3.03. The Morgan fingerprint density at radius 2 is 1.92 bits per heavy atom. The molecule has 0 fully saturated rings. The van der Waals surface area contributed by atoms with Crippen LogP contribution >= 0.6 is 0 Å². The Bertz CT molecular complexity index is 905. The molecule has 128 valence electrons. The molecule has 0 aliphatic carbocycles. The van der Waals surface area contributed by atoms with Crippen LogP contribution < -0.4 is 4.74 Å². The van der Waals surface area contributed by atoms with E-state index in [9.17, 15) is 4.79 Å². The molecule has 0 spiro atoms. The van der Waals surface area contributed by atoms with Crippen molar-refractivity contribution < 1.29 is 9.53 Å². The van der Waals surface area contributed by atoms with Crippen molar-refractivity contribution in [2.24, 2.45) is 5.92 Å². The molecule has 0 aliphatic rings. The van der Waals surface area contributed by atoms with Gasteiger partial charge in [0, 0.05) is 11.6 Å². The average molecular weight is 333 g/mol. The second kappa shape index (κ2) is 7.39. The number of fused-ring (bicyclic) bond motifs is 1. The Balaban J connectivity index is 1.81. The Hall–Kier alpha value is -2.81. The van der Waals surface area contributed by atoms with Gasteiger partial charge in [-0.1, -0.05) is 50.8 Å². The monoisotopic (exact) mass is 333 g/mol. The zero-order chi connectivity index (χ0) is 17.8. The highest BCUT2D eigenvalue weighted by molar-refractivity contribution is 5.99. The van der Waals surface area contributed by atoms with Crippen molar-refractivity contribution in [1.82, 2.24) is 4.57 Å². The summed E-state index contributed by atoms with van der Waals surface area (Å²) >= 11 is 0. The lowest BCUT2D eigenvalue weighted by atomic mass is 10.0. The molecule has 1 heterocycles. The van der Waals surface area contributed by atoms with Crippen LogP contribution in [0.25, 0.3) is 10.9 Å². The summed E-state index contributed by atoms with van der Waals surface area (Å²) in [7, 11) is 0. The molecule has 1 aromatic heterocycles. The zero-order valence-corrected chi connectivity index (χ0v) is 14.7. The van der Waals surface area contributed by atoms with Gasteiger partial charge in [0.25, 0.3) is 5.91 Å². The number of ether oxygens (including phenoxy) is 1. The Morgan fingerprint density at radius 1 is 1.16 bits per heavy atom. The van der Waals surface area contributed by atoms with E-state index < -0.39 is 0 Å². The zero-order valence-electron chi connectivity index (χ0n) is 14.7. The molecule has 0 bridgehead atoms. The molecule has 0 aliphatic heterocycles. The molecule has 3 nitrogen and oxygen atoms in total. The first-order chi connectivity index (χ1) is 12.1. The number of benzene rings is 2. The Morgan fingerprint density at radius 3 is 2.68 bits per heavy atom. The fourth-order valence-corrected chi connectivity index (χ4v) is 3.03. The highest BCUT2D eigenvalue weighted by Gasteiger charge is 2.10. The highest BCUT2D eigenvalue weighted by atomic mass is 16.5. The number of allylic oxidation sites excluding steroid dienone is 1. The molecule has 0 saturated carbocycles. The minimum absolute atomic E-state index is 0.145. The van der Waals surface area contributed by atoms with Crippen LogP contribution in [0, 0.1) is 5.92 Å². The van der Waals surface area contributed by atoms with E-state index in [0.717, 1.165) is 28.6 Å². The van der Waals surface area contributed by atoms with Crippen LogP contribution in [-0.4, -0.2) is 10.5 Å². The normalized spacial score (nSPS) is 11.0. The summed E-state index contributed by atoms with van der Waals surface area (Å²) in [5.41, 5.74) is 3.31. The van der Waals surface area contributed by atoms with Crippen LogP contribution in [0.3, 0.4) is 0 Å². The van der Waals surface area contributed by atoms with E-state index in [1.165, 1.54) is 11.6 Å². The van der Waals surface area contributed by atoms with Gasteiger partial charge in [-0.2, -0.15) is 0 Å². The average Bonchev–Trinajstić information content (AvgIpc) is 3.03. The van der Waals surface area contributed by atoms with Gasteiger partial charge in [-0.3, -0.25) is 9.36 Å². The van der Waals surface area contributed by atoms with Crippen LogP contribution in [0.4, 0.5) is 0 Å². The van der Waals surface area contributed by atoms with Gasteiger partial charge in [0.05, 0.1) is 5.52 Å².